The lowest BCUT2D eigenvalue weighted by Gasteiger charge is -2.20. The fourth-order valence-electron chi connectivity index (χ4n) is 1.72. The standard InChI is InChI=1S/C10H20N2O/c1-7(2)6-9(12-11)10-5-4-8(3)13-10/h6,8-10,12H,4-5,11H2,1-3H3. The molecule has 13 heavy (non-hydrogen) atoms. The van der Waals surface area contributed by atoms with E-state index in [-0.39, 0.29) is 12.1 Å². The molecule has 3 atom stereocenters. The lowest BCUT2D eigenvalue weighted by atomic mass is 10.1. The van der Waals surface area contributed by atoms with Crippen LogP contribution in [0.4, 0.5) is 0 Å². The van der Waals surface area contributed by atoms with Crippen LogP contribution in [-0.2, 0) is 4.74 Å². The molecule has 0 radical (unpaired) electrons. The Labute approximate surface area is 80.3 Å². The van der Waals surface area contributed by atoms with Gasteiger partial charge < -0.3 is 4.74 Å². The number of nitrogens with two attached hydrogens (primary N) is 1. The van der Waals surface area contributed by atoms with E-state index in [9.17, 15) is 0 Å². The molecule has 1 saturated heterocycles. The van der Waals surface area contributed by atoms with E-state index in [0.717, 1.165) is 12.8 Å². The Balaban J connectivity index is 2.52. The van der Waals surface area contributed by atoms with Crippen molar-refractivity contribution in [3.8, 4) is 0 Å². The van der Waals surface area contributed by atoms with Crippen LogP contribution < -0.4 is 11.3 Å². The number of hydrogen-bond donors (Lipinski definition) is 2. The van der Waals surface area contributed by atoms with Crippen LogP contribution in [-0.4, -0.2) is 18.2 Å². The van der Waals surface area contributed by atoms with Gasteiger partial charge in [0.15, 0.2) is 0 Å². The van der Waals surface area contributed by atoms with Gasteiger partial charge in [-0.05, 0) is 33.6 Å². The van der Waals surface area contributed by atoms with Gasteiger partial charge in [0, 0.05) is 0 Å². The first-order valence-electron chi connectivity index (χ1n) is 4.90. The molecule has 0 aliphatic carbocycles. The summed E-state index contributed by atoms with van der Waals surface area (Å²) in [5.74, 6) is 5.47. The smallest absolute Gasteiger partial charge is 0.0781 e. The average molecular weight is 184 g/mol. The molecule has 0 aromatic carbocycles. The minimum absolute atomic E-state index is 0.162. The quantitative estimate of drug-likeness (QED) is 0.395. The lowest BCUT2D eigenvalue weighted by Crippen LogP contribution is -2.42. The molecule has 1 heterocycles. The fraction of sp³-hybridized carbons (Fsp3) is 0.800. The molecule has 0 aromatic heterocycles. The zero-order valence-electron chi connectivity index (χ0n) is 8.71. The van der Waals surface area contributed by atoms with Gasteiger partial charge in [-0.2, -0.15) is 0 Å². The first-order valence-corrected chi connectivity index (χ1v) is 4.90. The summed E-state index contributed by atoms with van der Waals surface area (Å²) in [4.78, 5) is 0. The van der Waals surface area contributed by atoms with Crippen LogP contribution >= 0.6 is 0 Å². The Morgan fingerprint density at radius 2 is 2.23 bits per heavy atom. The summed E-state index contributed by atoms with van der Waals surface area (Å²) in [6.07, 6.45) is 4.99. The van der Waals surface area contributed by atoms with Crippen LogP contribution in [0.5, 0.6) is 0 Å². The number of hydrogen-bond acceptors (Lipinski definition) is 3. The maximum atomic E-state index is 5.73. The second-order valence-electron chi connectivity index (χ2n) is 4.00. The van der Waals surface area contributed by atoms with Gasteiger partial charge in [-0.25, -0.2) is 0 Å². The van der Waals surface area contributed by atoms with Gasteiger partial charge in [0.1, 0.15) is 0 Å². The van der Waals surface area contributed by atoms with E-state index >= 15 is 0 Å². The van der Waals surface area contributed by atoms with Crippen molar-refractivity contribution in [1.29, 1.82) is 0 Å². The van der Waals surface area contributed by atoms with Gasteiger partial charge >= 0.3 is 0 Å². The number of ether oxygens (including phenoxy) is 1. The minimum atomic E-state index is 0.162. The third-order valence-electron chi connectivity index (χ3n) is 2.37. The van der Waals surface area contributed by atoms with Crippen LogP contribution in [0.1, 0.15) is 33.6 Å². The van der Waals surface area contributed by atoms with Crippen molar-refractivity contribution in [2.75, 3.05) is 0 Å². The predicted molar refractivity (Wildman–Crippen MR) is 54.1 cm³/mol. The average Bonchev–Trinajstić information content (AvgIpc) is 2.47. The summed E-state index contributed by atoms with van der Waals surface area (Å²) in [7, 11) is 0. The summed E-state index contributed by atoms with van der Waals surface area (Å²) in [6.45, 7) is 6.25. The van der Waals surface area contributed by atoms with Crippen molar-refractivity contribution in [1.82, 2.24) is 5.43 Å². The Kier molecular flexibility index (Phi) is 3.90. The Bertz CT molecular complexity index is 187. The summed E-state index contributed by atoms with van der Waals surface area (Å²) in [6, 6.07) is 0.162. The topological polar surface area (TPSA) is 47.3 Å². The highest BCUT2D eigenvalue weighted by molar-refractivity contribution is 5.04. The highest BCUT2D eigenvalue weighted by Crippen LogP contribution is 2.22. The van der Waals surface area contributed by atoms with Gasteiger partial charge in [0.25, 0.3) is 0 Å². The van der Waals surface area contributed by atoms with Gasteiger partial charge in [-0.15, -0.1) is 0 Å². The second kappa shape index (κ2) is 4.74. The molecule has 3 N–H and O–H groups in total. The van der Waals surface area contributed by atoms with Crippen LogP contribution in [0.15, 0.2) is 11.6 Å². The van der Waals surface area contributed by atoms with E-state index in [1.165, 1.54) is 5.57 Å². The van der Waals surface area contributed by atoms with Crippen LogP contribution in [0, 0.1) is 0 Å². The predicted octanol–water partition coefficient (Wildman–Crippen LogP) is 1.35. The first-order chi connectivity index (χ1) is 6.13. The number of nitrogens with one attached hydrogen (secondary N) is 1. The van der Waals surface area contributed by atoms with Gasteiger partial charge in [-0.1, -0.05) is 11.6 Å². The monoisotopic (exact) mass is 184 g/mol. The van der Waals surface area contributed by atoms with Crippen molar-refractivity contribution in [2.45, 2.75) is 51.9 Å². The molecule has 3 heteroatoms. The first kappa shape index (κ1) is 10.7. The summed E-state index contributed by atoms with van der Waals surface area (Å²) < 4.78 is 5.73. The molecular formula is C10H20N2O. The van der Waals surface area contributed by atoms with Crippen molar-refractivity contribution in [3.63, 3.8) is 0 Å². The molecule has 3 unspecified atom stereocenters. The van der Waals surface area contributed by atoms with E-state index in [2.05, 4.69) is 32.3 Å². The van der Waals surface area contributed by atoms with E-state index in [1.807, 2.05) is 0 Å². The SMILES string of the molecule is CC(C)=CC(NN)C1CCC(C)O1. The molecule has 0 aromatic rings. The van der Waals surface area contributed by atoms with Crippen LogP contribution in [0.25, 0.3) is 0 Å². The van der Waals surface area contributed by atoms with Crippen molar-refractivity contribution < 1.29 is 4.74 Å². The third-order valence-corrected chi connectivity index (χ3v) is 2.37. The van der Waals surface area contributed by atoms with E-state index in [1.54, 1.807) is 0 Å². The molecule has 1 rings (SSSR count). The lowest BCUT2D eigenvalue weighted by molar-refractivity contribution is 0.0417. The fourth-order valence-corrected chi connectivity index (χ4v) is 1.72. The molecule has 1 aliphatic rings. The Hall–Kier alpha value is -0.380. The van der Waals surface area contributed by atoms with Crippen molar-refractivity contribution in [3.05, 3.63) is 11.6 Å². The highest BCUT2D eigenvalue weighted by Gasteiger charge is 2.27. The number of hydrazine groups is 1. The van der Waals surface area contributed by atoms with E-state index in [4.69, 9.17) is 10.6 Å². The summed E-state index contributed by atoms with van der Waals surface area (Å²) >= 11 is 0. The van der Waals surface area contributed by atoms with Gasteiger partial charge in [-0.3, -0.25) is 11.3 Å². The van der Waals surface area contributed by atoms with Crippen LogP contribution in [0.3, 0.4) is 0 Å². The zero-order valence-corrected chi connectivity index (χ0v) is 8.71. The molecule has 0 saturated carbocycles. The molecule has 3 nitrogen and oxygen atoms in total. The largest absolute Gasteiger partial charge is 0.373 e. The highest BCUT2D eigenvalue weighted by atomic mass is 16.5. The maximum absolute atomic E-state index is 5.73. The third kappa shape index (κ3) is 3.10. The molecule has 0 spiro atoms. The van der Waals surface area contributed by atoms with Crippen molar-refractivity contribution in [2.24, 2.45) is 5.84 Å². The van der Waals surface area contributed by atoms with E-state index in [0.29, 0.717) is 6.10 Å². The van der Waals surface area contributed by atoms with E-state index < -0.39 is 0 Å². The Morgan fingerprint density at radius 1 is 1.54 bits per heavy atom. The van der Waals surface area contributed by atoms with Crippen LogP contribution in [0.2, 0.25) is 0 Å². The number of rotatable bonds is 3. The van der Waals surface area contributed by atoms with Gasteiger partial charge in [0.2, 0.25) is 0 Å². The molecule has 1 aliphatic heterocycles. The summed E-state index contributed by atoms with van der Waals surface area (Å²) in [5, 5.41) is 0. The molecule has 76 valence electrons. The minimum Gasteiger partial charge on any atom is -0.373 e. The van der Waals surface area contributed by atoms with Crippen molar-refractivity contribution >= 4 is 0 Å². The molecular weight excluding hydrogens is 164 g/mol. The number of allylic oxidation sites excluding steroid dienone is 1. The maximum Gasteiger partial charge on any atom is 0.0781 e. The second-order valence-corrected chi connectivity index (χ2v) is 4.00. The summed E-state index contributed by atoms with van der Waals surface area (Å²) in [5.41, 5.74) is 4.06. The molecule has 1 fully saturated rings. The molecule has 0 bridgehead atoms. The Morgan fingerprint density at radius 3 is 2.62 bits per heavy atom. The van der Waals surface area contributed by atoms with Gasteiger partial charge in [0.05, 0.1) is 18.2 Å². The normalized spacial score (nSPS) is 30.2. The molecule has 0 amide bonds. The zero-order chi connectivity index (χ0) is 9.84.